The molecule has 0 atom stereocenters. The van der Waals surface area contributed by atoms with E-state index in [1.165, 1.54) is 0 Å². The number of aliphatic imine (C=N–C) groups is 1. The third-order valence-corrected chi connectivity index (χ3v) is 4.50. The molecule has 154 valence electrons. The first-order valence-electron chi connectivity index (χ1n) is 8.59. The van der Waals surface area contributed by atoms with Gasteiger partial charge >= 0.3 is 0 Å². The lowest BCUT2D eigenvalue weighted by molar-refractivity contribution is 0.0954. The molecule has 0 unspecified atom stereocenters. The van der Waals surface area contributed by atoms with Crippen molar-refractivity contribution in [2.75, 3.05) is 26.7 Å². The van der Waals surface area contributed by atoms with E-state index in [0.717, 1.165) is 18.8 Å². The van der Waals surface area contributed by atoms with Gasteiger partial charge in [0.25, 0.3) is 5.91 Å². The van der Waals surface area contributed by atoms with E-state index >= 15 is 0 Å². The van der Waals surface area contributed by atoms with Gasteiger partial charge in [-0.1, -0.05) is 30.1 Å². The lowest BCUT2D eigenvalue weighted by Crippen LogP contribution is -2.42. The van der Waals surface area contributed by atoms with Gasteiger partial charge < -0.3 is 20.5 Å². The maximum absolute atomic E-state index is 12.1. The Morgan fingerprint density at radius 3 is 2.54 bits per heavy atom. The Morgan fingerprint density at radius 2 is 1.86 bits per heavy atom. The summed E-state index contributed by atoms with van der Waals surface area (Å²) in [7, 11) is 1.69. The summed E-state index contributed by atoms with van der Waals surface area (Å²) in [6.07, 6.45) is 2.56. The number of nitrogens with zero attached hydrogens (tertiary/aromatic N) is 4. The first-order chi connectivity index (χ1) is 13.0. The summed E-state index contributed by atoms with van der Waals surface area (Å²) in [4.78, 5) is 16.2. The van der Waals surface area contributed by atoms with E-state index in [0.29, 0.717) is 41.2 Å². The Hall–Kier alpha value is -1.59. The number of guanidine groups is 1. The zero-order valence-electron chi connectivity index (χ0n) is 15.7. The molecule has 0 aliphatic rings. The van der Waals surface area contributed by atoms with Crippen molar-refractivity contribution in [3.05, 3.63) is 46.0 Å². The van der Waals surface area contributed by atoms with Gasteiger partial charge in [0.2, 0.25) is 0 Å². The number of hydrogen-bond donors (Lipinski definition) is 3. The van der Waals surface area contributed by atoms with Crippen molar-refractivity contribution < 1.29 is 4.79 Å². The molecule has 3 N–H and O–H groups in total. The third kappa shape index (κ3) is 7.44. The van der Waals surface area contributed by atoms with Crippen LogP contribution in [-0.4, -0.2) is 53.3 Å². The smallest absolute Gasteiger partial charge is 0.251 e. The molecule has 0 bridgehead atoms. The fraction of sp³-hybridized carbons (Fsp3) is 0.412. The minimum Gasteiger partial charge on any atom is -0.355 e. The van der Waals surface area contributed by atoms with E-state index in [2.05, 4.69) is 31.1 Å². The molecule has 0 radical (unpaired) electrons. The zero-order valence-corrected chi connectivity index (χ0v) is 19.5. The minimum absolute atomic E-state index is 0. The van der Waals surface area contributed by atoms with Gasteiger partial charge in [-0.3, -0.25) is 9.79 Å². The van der Waals surface area contributed by atoms with E-state index in [9.17, 15) is 4.79 Å². The average molecular weight is 540 g/mol. The Labute approximate surface area is 191 Å². The number of carbonyl (C=O) groups is 1. The predicted molar refractivity (Wildman–Crippen MR) is 123 cm³/mol. The Bertz CT molecular complexity index is 798. The first kappa shape index (κ1) is 24.4. The van der Waals surface area contributed by atoms with E-state index in [4.69, 9.17) is 23.2 Å². The monoisotopic (exact) mass is 539 g/mol. The molecule has 1 heterocycles. The molecule has 2 aromatic rings. The van der Waals surface area contributed by atoms with Crippen LogP contribution in [0.1, 0.15) is 23.1 Å². The van der Waals surface area contributed by atoms with Crippen molar-refractivity contribution in [1.82, 2.24) is 30.7 Å². The van der Waals surface area contributed by atoms with Gasteiger partial charge in [-0.25, -0.2) is 0 Å². The molecule has 1 amide bonds. The van der Waals surface area contributed by atoms with Crippen molar-refractivity contribution in [2.24, 2.45) is 4.99 Å². The largest absolute Gasteiger partial charge is 0.355 e. The summed E-state index contributed by atoms with van der Waals surface area (Å²) in [5.41, 5.74) is 0.465. The highest BCUT2D eigenvalue weighted by molar-refractivity contribution is 14.0. The highest BCUT2D eigenvalue weighted by Gasteiger charge is 2.07. The van der Waals surface area contributed by atoms with Crippen LogP contribution < -0.4 is 16.0 Å². The molecule has 11 heteroatoms. The molecule has 8 nitrogen and oxygen atoms in total. The van der Waals surface area contributed by atoms with Gasteiger partial charge in [-0.15, -0.1) is 34.2 Å². The lowest BCUT2D eigenvalue weighted by Gasteiger charge is -2.13. The van der Waals surface area contributed by atoms with E-state index in [1.54, 1.807) is 31.6 Å². The van der Waals surface area contributed by atoms with Crippen molar-refractivity contribution in [3.8, 4) is 0 Å². The van der Waals surface area contributed by atoms with E-state index < -0.39 is 0 Å². The van der Waals surface area contributed by atoms with Gasteiger partial charge in [0.15, 0.2) is 5.96 Å². The molecule has 0 spiro atoms. The van der Waals surface area contributed by atoms with E-state index in [1.807, 2.05) is 11.5 Å². The third-order valence-electron chi connectivity index (χ3n) is 3.77. The summed E-state index contributed by atoms with van der Waals surface area (Å²) < 4.78 is 2.00. The SMILES string of the molecule is CCc1nncn1CCNC(=NC)NCCNC(=O)c1ccc(Cl)c(Cl)c1.I. The fourth-order valence-corrected chi connectivity index (χ4v) is 2.65. The molecular formula is C17H24Cl2IN7O. The second-order valence-electron chi connectivity index (χ2n) is 5.60. The van der Waals surface area contributed by atoms with Crippen LogP contribution >= 0.6 is 47.2 Å². The number of hydrogen-bond acceptors (Lipinski definition) is 4. The van der Waals surface area contributed by atoms with Gasteiger partial charge in [0.05, 0.1) is 10.0 Å². The quantitative estimate of drug-likeness (QED) is 0.207. The molecule has 2 rings (SSSR count). The number of nitrogens with one attached hydrogen (secondary N) is 3. The van der Waals surface area contributed by atoms with Crippen LogP contribution in [0.5, 0.6) is 0 Å². The molecule has 0 fully saturated rings. The molecule has 1 aromatic heterocycles. The average Bonchev–Trinajstić information content (AvgIpc) is 3.13. The summed E-state index contributed by atoms with van der Waals surface area (Å²) in [6, 6.07) is 4.78. The second kappa shape index (κ2) is 12.8. The molecule has 28 heavy (non-hydrogen) atoms. The van der Waals surface area contributed by atoms with Crippen LogP contribution in [0, 0.1) is 0 Å². The predicted octanol–water partition coefficient (Wildman–Crippen LogP) is 2.36. The van der Waals surface area contributed by atoms with Gasteiger partial charge in [0.1, 0.15) is 12.2 Å². The summed E-state index contributed by atoms with van der Waals surface area (Å²) >= 11 is 11.8. The molecule has 0 aliphatic heterocycles. The second-order valence-corrected chi connectivity index (χ2v) is 6.42. The highest BCUT2D eigenvalue weighted by Crippen LogP contribution is 2.22. The van der Waals surface area contributed by atoms with Crippen molar-refractivity contribution in [1.29, 1.82) is 0 Å². The zero-order chi connectivity index (χ0) is 19.6. The molecule has 0 saturated heterocycles. The number of benzene rings is 1. The topological polar surface area (TPSA) is 96.2 Å². The number of aryl methyl sites for hydroxylation is 1. The number of amides is 1. The molecule has 0 aliphatic carbocycles. The molecule has 1 aromatic carbocycles. The van der Waals surface area contributed by atoms with Crippen LogP contribution in [-0.2, 0) is 13.0 Å². The maximum Gasteiger partial charge on any atom is 0.251 e. The van der Waals surface area contributed by atoms with Crippen LogP contribution in [0.15, 0.2) is 29.5 Å². The van der Waals surface area contributed by atoms with Gasteiger partial charge in [-0.2, -0.15) is 0 Å². The maximum atomic E-state index is 12.1. The Kier molecular flexibility index (Phi) is 11.2. The minimum atomic E-state index is -0.210. The first-order valence-corrected chi connectivity index (χ1v) is 9.35. The molecule has 0 saturated carbocycles. The summed E-state index contributed by atoms with van der Waals surface area (Å²) in [5, 5.41) is 17.9. The summed E-state index contributed by atoms with van der Waals surface area (Å²) in [6.45, 7) is 4.43. The normalized spacial score (nSPS) is 10.9. The van der Waals surface area contributed by atoms with Crippen molar-refractivity contribution >= 4 is 59.0 Å². The standard InChI is InChI=1S/C17H23Cl2N7O.HI/c1-3-15-25-24-11-26(15)9-8-23-17(20-2)22-7-6-21-16(27)12-4-5-13(18)14(19)10-12;/h4-5,10-11H,3,6-9H2,1-2H3,(H,21,27)(H2,20,22,23);1H. The lowest BCUT2D eigenvalue weighted by atomic mass is 10.2. The Morgan fingerprint density at radius 1 is 1.14 bits per heavy atom. The van der Waals surface area contributed by atoms with Crippen LogP contribution in [0.25, 0.3) is 0 Å². The fourth-order valence-electron chi connectivity index (χ4n) is 2.35. The van der Waals surface area contributed by atoms with Crippen LogP contribution in [0.3, 0.4) is 0 Å². The number of carbonyl (C=O) groups excluding carboxylic acids is 1. The number of halogens is 3. The number of aromatic nitrogens is 3. The molecular weight excluding hydrogens is 516 g/mol. The van der Waals surface area contributed by atoms with Crippen molar-refractivity contribution in [2.45, 2.75) is 19.9 Å². The summed E-state index contributed by atoms with van der Waals surface area (Å²) in [5.74, 6) is 1.40. The number of rotatable bonds is 8. The van der Waals surface area contributed by atoms with Crippen LogP contribution in [0.2, 0.25) is 10.0 Å². The van der Waals surface area contributed by atoms with Gasteiger partial charge in [-0.05, 0) is 18.2 Å². The van der Waals surface area contributed by atoms with Crippen LogP contribution in [0.4, 0.5) is 0 Å². The van der Waals surface area contributed by atoms with Gasteiger partial charge in [0, 0.05) is 45.2 Å². The van der Waals surface area contributed by atoms with E-state index in [-0.39, 0.29) is 29.9 Å². The highest BCUT2D eigenvalue weighted by atomic mass is 127. The van der Waals surface area contributed by atoms with Crippen molar-refractivity contribution in [3.63, 3.8) is 0 Å². The Balaban J connectivity index is 0.00000392.